The number of carbonyl (C=O) groups excluding carboxylic acids is 1. The van der Waals surface area contributed by atoms with Crippen molar-refractivity contribution < 1.29 is 31.3 Å². The first-order valence-electron chi connectivity index (χ1n) is 7.47. The number of carbonyl (C=O) groups is 1. The van der Waals surface area contributed by atoms with Crippen molar-refractivity contribution in [2.75, 3.05) is 5.75 Å². The van der Waals surface area contributed by atoms with Crippen LogP contribution < -0.4 is 0 Å². The van der Waals surface area contributed by atoms with Crippen LogP contribution in [0.3, 0.4) is 0 Å². The molecule has 0 N–H and O–H groups in total. The summed E-state index contributed by atoms with van der Waals surface area (Å²) in [5.74, 6) is -4.27. The van der Waals surface area contributed by atoms with Gasteiger partial charge in [-0.1, -0.05) is 22.8 Å². The van der Waals surface area contributed by atoms with Gasteiger partial charge in [-0.05, 0) is 30.3 Å². The highest BCUT2D eigenvalue weighted by atomic mass is 35.5. The molecule has 0 aliphatic rings. The average molecular weight is 435 g/mol. The smallest absolute Gasteiger partial charge is 0.329 e. The van der Waals surface area contributed by atoms with E-state index in [1.54, 1.807) is 0 Å². The summed E-state index contributed by atoms with van der Waals surface area (Å²) in [6.07, 6.45) is -4.82. The van der Waals surface area contributed by atoms with Gasteiger partial charge in [0.1, 0.15) is 11.6 Å². The fraction of sp³-hybridized carbons (Fsp3) is 0.118. The fourth-order valence-electron chi connectivity index (χ4n) is 2.15. The number of Topliss-reactive ketones (excluding diaryl/α,β-unsaturated/α-hetero) is 1. The van der Waals surface area contributed by atoms with Gasteiger partial charge in [0, 0.05) is 10.5 Å². The minimum Gasteiger partial charge on any atom is -0.329 e. The van der Waals surface area contributed by atoms with Crippen molar-refractivity contribution in [3.63, 3.8) is 0 Å². The number of thioether (sulfide) groups is 1. The molecule has 28 heavy (non-hydrogen) atoms. The van der Waals surface area contributed by atoms with Crippen LogP contribution in [0, 0.1) is 11.6 Å². The maximum Gasteiger partial charge on any atom is 0.471 e. The Labute approximate surface area is 163 Å². The highest BCUT2D eigenvalue weighted by Crippen LogP contribution is 2.31. The molecule has 0 bridgehead atoms. The van der Waals surface area contributed by atoms with Crippen LogP contribution in [0.1, 0.15) is 16.2 Å². The van der Waals surface area contributed by atoms with Gasteiger partial charge in [-0.2, -0.15) is 18.2 Å². The molecule has 0 saturated heterocycles. The van der Waals surface area contributed by atoms with Crippen LogP contribution in [0.15, 0.2) is 45.8 Å². The third-order valence-electron chi connectivity index (χ3n) is 3.45. The van der Waals surface area contributed by atoms with Gasteiger partial charge in [0.05, 0.1) is 16.3 Å². The van der Waals surface area contributed by atoms with Gasteiger partial charge in [0.15, 0.2) is 5.78 Å². The molecule has 1 aromatic heterocycles. The lowest BCUT2D eigenvalue weighted by Crippen LogP contribution is -2.06. The maximum absolute atomic E-state index is 14.3. The Balaban J connectivity index is 1.74. The molecule has 146 valence electrons. The molecular weight excluding hydrogens is 427 g/mol. The zero-order valence-corrected chi connectivity index (χ0v) is 15.1. The largest absolute Gasteiger partial charge is 0.471 e. The Bertz CT molecular complexity index is 1040. The van der Waals surface area contributed by atoms with E-state index < -0.39 is 35.3 Å². The van der Waals surface area contributed by atoms with E-state index >= 15 is 0 Å². The summed E-state index contributed by atoms with van der Waals surface area (Å²) in [5.41, 5.74) is -0.350. The van der Waals surface area contributed by atoms with Gasteiger partial charge >= 0.3 is 12.1 Å². The summed E-state index contributed by atoms with van der Waals surface area (Å²) in [6, 6.07) is 6.82. The van der Waals surface area contributed by atoms with Gasteiger partial charge in [-0.25, -0.2) is 8.78 Å². The summed E-state index contributed by atoms with van der Waals surface area (Å²) in [5, 5.41) is 3.27. The second kappa shape index (κ2) is 7.88. The van der Waals surface area contributed by atoms with E-state index in [0.29, 0.717) is 4.90 Å². The lowest BCUT2D eigenvalue weighted by atomic mass is 10.1. The Morgan fingerprint density at radius 1 is 1.14 bits per heavy atom. The number of halogens is 6. The molecule has 1 heterocycles. The second-order valence-corrected chi connectivity index (χ2v) is 6.83. The van der Waals surface area contributed by atoms with Crippen molar-refractivity contribution in [3.8, 4) is 11.4 Å². The number of nitrogens with zero attached hydrogens (tertiary/aromatic N) is 2. The fourth-order valence-corrected chi connectivity index (χ4v) is 3.28. The number of alkyl halides is 3. The molecule has 0 aliphatic carbocycles. The van der Waals surface area contributed by atoms with Crippen LogP contribution in [-0.4, -0.2) is 21.7 Å². The molecule has 4 nitrogen and oxygen atoms in total. The highest BCUT2D eigenvalue weighted by Gasteiger charge is 2.38. The first-order valence-corrected chi connectivity index (χ1v) is 8.83. The van der Waals surface area contributed by atoms with E-state index in [2.05, 4.69) is 14.7 Å². The standard InChI is InChI=1S/C17H8ClF5N2O2S/c18-11-6-9(19)2-4-14(11)28-7-13(26)10-3-1-8(5-12(10)20)15-24-16(27-25-15)17(21,22)23/h1-6H,7H2. The molecular formula is C17H8ClF5N2O2S. The normalized spacial score (nSPS) is 11.6. The summed E-state index contributed by atoms with van der Waals surface area (Å²) in [6.45, 7) is 0. The zero-order valence-electron chi connectivity index (χ0n) is 13.6. The number of hydrogen-bond acceptors (Lipinski definition) is 5. The molecule has 11 heteroatoms. The summed E-state index contributed by atoms with van der Waals surface area (Å²) < 4.78 is 68.9. The van der Waals surface area contributed by atoms with Crippen molar-refractivity contribution >= 4 is 29.1 Å². The molecule has 3 aromatic rings. The predicted octanol–water partition coefficient (Wildman–Crippen LogP) is 5.66. The third-order valence-corrected chi connectivity index (χ3v) is 4.95. The molecule has 2 aromatic carbocycles. The van der Waals surface area contributed by atoms with E-state index in [4.69, 9.17) is 11.6 Å². The van der Waals surface area contributed by atoms with Crippen LogP contribution >= 0.6 is 23.4 Å². The lowest BCUT2D eigenvalue weighted by Gasteiger charge is -2.06. The zero-order chi connectivity index (χ0) is 20.5. The van der Waals surface area contributed by atoms with Crippen LogP contribution in [0.2, 0.25) is 5.02 Å². The molecule has 0 spiro atoms. The topological polar surface area (TPSA) is 56.0 Å². The van der Waals surface area contributed by atoms with E-state index in [9.17, 15) is 26.7 Å². The van der Waals surface area contributed by atoms with Crippen LogP contribution in [0.4, 0.5) is 22.0 Å². The van der Waals surface area contributed by atoms with E-state index in [1.165, 1.54) is 18.2 Å². The number of benzene rings is 2. The van der Waals surface area contributed by atoms with E-state index in [-0.39, 0.29) is 21.9 Å². The van der Waals surface area contributed by atoms with Crippen molar-refractivity contribution in [1.29, 1.82) is 0 Å². The predicted molar refractivity (Wildman–Crippen MR) is 91.2 cm³/mol. The Morgan fingerprint density at radius 2 is 1.89 bits per heavy atom. The molecule has 0 aliphatic heterocycles. The third kappa shape index (κ3) is 4.50. The molecule has 0 unspecified atom stereocenters. The van der Waals surface area contributed by atoms with Crippen molar-refractivity contribution in [3.05, 3.63) is 64.5 Å². The van der Waals surface area contributed by atoms with E-state index in [1.807, 2.05) is 0 Å². The Kier molecular flexibility index (Phi) is 5.71. The van der Waals surface area contributed by atoms with Crippen LogP contribution in [0.5, 0.6) is 0 Å². The van der Waals surface area contributed by atoms with Crippen LogP contribution in [-0.2, 0) is 6.18 Å². The van der Waals surface area contributed by atoms with Gasteiger partial charge < -0.3 is 4.52 Å². The monoisotopic (exact) mass is 434 g/mol. The van der Waals surface area contributed by atoms with Gasteiger partial charge in [0.25, 0.3) is 0 Å². The van der Waals surface area contributed by atoms with Gasteiger partial charge in [-0.15, -0.1) is 11.8 Å². The van der Waals surface area contributed by atoms with Crippen molar-refractivity contribution in [1.82, 2.24) is 10.1 Å². The minimum absolute atomic E-state index is 0.0810. The quantitative estimate of drug-likeness (QED) is 0.294. The number of rotatable bonds is 5. The van der Waals surface area contributed by atoms with Crippen LogP contribution in [0.25, 0.3) is 11.4 Å². The van der Waals surface area contributed by atoms with Crippen molar-refractivity contribution in [2.45, 2.75) is 11.1 Å². The first kappa shape index (κ1) is 20.3. The molecule has 0 amide bonds. The van der Waals surface area contributed by atoms with Gasteiger partial charge in [-0.3, -0.25) is 4.79 Å². The summed E-state index contributed by atoms with van der Waals surface area (Å²) in [7, 11) is 0. The SMILES string of the molecule is O=C(CSc1ccc(F)cc1Cl)c1ccc(-c2noc(C(F)(F)F)n2)cc1F. The summed E-state index contributed by atoms with van der Waals surface area (Å²) in [4.78, 5) is 15.8. The molecule has 0 saturated carbocycles. The average Bonchev–Trinajstić information content (AvgIpc) is 3.11. The Hall–Kier alpha value is -2.46. The maximum atomic E-state index is 14.3. The minimum atomic E-state index is -4.82. The molecule has 0 atom stereocenters. The molecule has 0 fully saturated rings. The summed E-state index contributed by atoms with van der Waals surface area (Å²) >= 11 is 6.86. The Morgan fingerprint density at radius 3 is 2.50 bits per heavy atom. The highest BCUT2D eigenvalue weighted by molar-refractivity contribution is 8.00. The number of aromatic nitrogens is 2. The van der Waals surface area contributed by atoms with Gasteiger partial charge in [0.2, 0.25) is 5.82 Å². The number of ketones is 1. The lowest BCUT2D eigenvalue weighted by molar-refractivity contribution is -0.159. The second-order valence-electron chi connectivity index (χ2n) is 5.40. The molecule has 0 radical (unpaired) electrons. The van der Waals surface area contributed by atoms with Crippen molar-refractivity contribution in [2.24, 2.45) is 0 Å². The molecule has 3 rings (SSSR count). The number of hydrogen-bond donors (Lipinski definition) is 0. The van der Waals surface area contributed by atoms with E-state index in [0.717, 1.165) is 30.0 Å². The first-order chi connectivity index (χ1) is 13.1.